The van der Waals surface area contributed by atoms with Crippen LogP contribution in [0, 0.1) is 0 Å². The zero-order valence-corrected chi connectivity index (χ0v) is 16.3. The van der Waals surface area contributed by atoms with Crippen molar-refractivity contribution in [1.82, 2.24) is 19.9 Å². The summed E-state index contributed by atoms with van der Waals surface area (Å²) in [7, 11) is 4.00. The summed E-state index contributed by atoms with van der Waals surface area (Å²) in [6.07, 6.45) is 7.51. The van der Waals surface area contributed by atoms with Crippen molar-refractivity contribution in [2.45, 2.75) is 19.3 Å². The number of piperidine rings is 1. The SMILES string of the molecule is CN(C)c1ccnc(N2CCN(c3ccnc(N4CCCCC4)n3)CC2)n1. The van der Waals surface area contributed by atoms with E-state index in [-0.39, 0.29) is 0 Å². The van der Waals surface area contributed by atoms with Gasteiger partial charge >= 0.3 is 0 Å². The van der Waals surface area contributed by atoms with Crippen LogP contribution in [0.3, 0.4) is 0 Å². The molecule has 0 aromatic carbocycles. The average molecular weight is 368 g/mol. The van der Waals surface area contributed by atoms with Crippen molar-refractivity contribution in [2.24, 2.45) is 0 Å². The monoisotopic (exact) mass is 368 g/mol. The third-order valence-electron chi connectivity index (χ3n) is 5.24. The molecule has 0 radical (unpaired) electrons. The summed E-state index contributed by atoms with van der Waals surface area (Å²) < 4.78 is 0. The molecule has 0 bridgehead atoms. The molecule has 2 aromatic rings. The van der Waals surface area contributed by atoms with E-state index >= 15 is 0 Å². The summed E-state index contributed by atoms with van der Waals surface area (Å²) in [6, 6.07) is 3.95. The highest BCUT2D eigenvalue weighted by atomic mass is 15.4. The fourth-order valence-corrected chi connectivity index (χ4v) is 3.64. The Kier molecular flexibility index (Phi) is 5.22. The predicted octanol–water partition coefficient (Wildman–Crippen LogP) is 1.65. The first kappa shape index (κ1) is 17.8. The summed E-state index contributed by atoms with van der Waals surface area (Å²) in [5.41, 5.74) is 0. The molecule has 4 heterocycles. The maximum Gasteiger partial charge on any atom is 0.227 e. The highest BCUT2D eigenvalue weighted by Gasteiger charge is 2.22. The van der Waals surface area contributed by atoms with Gasteiger partial charge in [-0.2, -0.15) is 9.97 Å². The molecule has 0 N–H and O–H groups in total. The van der Waals surface area contributed by atoms with Gasteiger partial charge in [-0.25, -0.2) is 9.97 Å². The second-order valence-electron chi connectivity index (χ2n) is 7.35. The lowest BCUT2D eigenvalue weighted by molar-refractivity contribution is 0.567. The Morgan fingerprint density at radius 3 is 2.00 bits per heavy atom. The van der Waals surface area contributed by atoms with Crippen LogP contribution in [-0.4, -0.2) is 73.3 Å². The van der Waals surface area contributed by atoms with Crippen molar-refractivity contribution in [3.05, 3.63) is 24.5 Å². The maximum absolute atomic E-state index is 4.84. The molecule has 2 saturated heterocycles. The number of rotatable bonds is 4. The molecule has 0 aliphatic carbocycles. The van der Waals surface area contributed by atoms with Gasteiger partial charge in [0.15, 0.2) is 0 Å². The van der Waals surface area contributed by atoms with Gasteiger partial charge in [0.05, 0.1) is 0 Å². The number of piperazine rings is 1. The van der Waals surface area contributed by atoms with Crippen LogP contribution in [0.1, 0.15) is 19.3 Å². The first-order chi connectivity index (χ1) is 13.2. The number of hydrogen-bond donors (Lipinski definition) is 0. The Morgan fingerprint density at radius 2 is 1.30 bits per heavy atom. The molecule has 0 spiro atoms. The van der Waals surface area contributed by atoms with Crippen LogP contribution < -0.4 is 19.6 Å². The van der Waals surface area contributed by atoms with Crippen LogP contribution >= 0.6 is 0 Å². The number of anilines is 4. The van der Waals surface area contributed by atoms with E-state index in [0.717, 1.165) is 62.8 Å². The molecule has 2 fully saturated rings. The molecule has 0 amide bonds. The lowest BCUT2D eigenvalue weighted by Gasteiger charge is -2.36. The summed E-state index contributed by atoms with van der Waals surface area (Å²) >= 11 is 0. The molecule has 4 rings (SSSR count). The minimum absolute atomic E-state index is 0.803. The molecule has 2 aliphatic rings. The first-order valence-corrected chi connectivity index (χ1v) is 9.79. The minimum atomic E-state index is 0.803. The second kappa shape index (κ2) is 7.94. The van der Waals surface area contributed by atoms with Gasteiger partial charge in [0.25, 0.3) is 0 Å². The molecule has 0 unspecified atom stereocenters. The Morgan fingerprint density at radius 1 is 0.704 bits per heavy atom. The van der Waals surface area contributed by atoms with Gasteiger partial charge in [-0.15, -0.1) is 0 Å². The molecular formula is C19H28N8. The molecule has 0 atom stereocenters. The predicted molar refractivity (Wildman–Crippen MR) is 109 cm³/mol. The fourth-order valence-electron chi connectivity index (χ4n) is 3.64. The topological polar surface area (TPSA) is 64.5 Å². The van der Waals surface area contributed by atoms with E-state index in [4.69, 9.17) is 4.98 Å². The van der Waals surface area contributed by atoms with Crippen LogP contribution in [0.5, 0.6) is 0 Å². The van der Waals surface area contributed by atoms with Crippen molar-refractivity contribution in [3.8, 4) is 0 Å². The molecule has 144 valence electrons. The van der Waals surface area contributed by atoms with Gasteiger partial charge in [-0.3, -0.25) is 0 Å². The third kappa shape index (κ3) is 4.04. The van der Waals surface area contributed by atoms with Gasteiger partial charge in [0.1, 0.15) is 11.6 Å². The molecule has 8 nitrogen and oxygen atoms in total. The van der Waals surface area contributed by atoms with Crippen molar-refractivity contribution in [3.63, 3.8) is 0 Å². The van der Waals surface area contributed by atoms with Gasteiger partial charge in [-0.05, 0) is 31.4 Å². The van der Waals surface area contributed by atoms with E-state index in [2.05, 4.69) is 29.7 Å². The van der Waals surface area contributed by atoms with Crippen LogP contribution in [0.4, 0.5) is 23.5 Å². The van der Waals surface area contributed by atoms with Crippen molar-refractivity contribution in [1.29, 1.82) is 0 Å². The Bertz CT molecular complexity index is 751. The molecule has 27 heavy (non-hydrogen) atoms. The van der Waals surface area contributed by atoms with Gasteiger partial charge in [0.2, 0.25) is 11.9 Å². The van der Waals surface area contributed by atoms with E-state index < -0.39 is 0 Å². The number of hydrogen-bond acceptors (Lipinski definition) is 8. The van der Waals surface area contributed by atoms with E-state index in [1.165, 1.54) is 19.3 Å². The van der Waals surface area contributed by atoms with E-state index in [1.54, 1.807) is 0 Å². The summed E-state index contributed by atoms with van der Waals surface area (Å²) in [5.74, 6) is 3.63. The zero-order chi connectivity index (χ0) is 18.6. The highest BCUT2D eigenvalue weighted by Crippen LogP contribution is 2.21. The maximum atomic E-state index is 4.84. The quantitative estimate of drug-likeness (QED) is 0.807. The lowest BCUT2D eigenvalue weighted by Crippen LogP contribution is -2.47. The summed E-state index contributed by atoms with van der Waals surface area (Å²) in [5, 5.41) is 0. The van der Waals surface area contributed by atoms with Gasteiger partial charge in [0, 0.05) is 65.8 Å². The number of aromatic nitrogens is 4. The lowest BCUT2D eigenvalue weighted by atomic mass is 10.1. The highest BCUT2D eigenvalue weighted by molar-refractivity contribution is 5.47. The second-order valence-corrected chi connectivity index (χ2v) is 7.35. The Labute approximate surface area is 160 Å². The van der Waals surface area contributed by atoms with Crippen LogP contribution in [0.2, 0.25) is 0 Å². The van der Waals surface area contributed by atoms with Crippen molar-refractivity contribution in [2.75, 3.05) is 73.0 Å². The normalized spacial score (nSPS) is 17.9. The first-order valence-electron chi connectivity index (χ1n) is 9.79. The average Bonchev–Trinajstić information content (AvgIpc) is 2.75. The fraction of sp³-hybridized carbons (Fsp3) is 0.579. The minimum Gasteiger partial charge on any atom is -0.363 e. The van der Waals surface area contributed by atoms with Crippen molar-refractivity contribution >= 4 is 23.5 Å². The Balaban J connectivity index is 1.41. The van der Waals surface area contributed by atoms with E-state index in [0.29, 0.717) is 0 Å². The molecule has 0 saturated carbocycles. The van der Waals surface area contributed by atoms with E-state index in [1.807, 2.05) is 43.5 Å². The Hall–Kier alpha value is -2.64. The molecular weight excluding hydrogens is 340 g/mol. The summed E-state index contributed by atoms with van der Waals surface area (Å²) in [6.45, 7) is 5.73. The standard InChI is InChI=1S/C19H28N8/c1-24(2)16-6-8-20-18(22-16)27-14-12-25(13-15-27)17-7-9-21-19(23-17)26-10-4-3-5-11-26/h6-9H,3-5,10-15H2,1-2H3. The molecule has 2 aromatic heterocycles. The molecule has 8 heteroatoms. The van der Waals surface area contributed by atoms with E-state index in [9.17, 15) is 0 Å². The molecule has 2 aliphatic heterocycles. The largest absolute Gasteiger partial charge is 0.363 e. The smallest absolute Gasteiger partial charge is 0.227 e. The van der Waals surface area contributed by atoms with Crippen molar-refractivity contribution < 1.29 is 0 Å². The zero-order valence-electron chi connectivity index (χ0n) is 16.3. The van der Waals surface area contributed by atoms with Crippen LogP contribution in [0.25, 0.3) is 0 Å². The van der Waals surface area contributed by atoms with Crippen LogP contribution in [-0.2, 0) is 0 Å². The van der Waals surface area contributed by atoms with Crippen LogP contribution in [0.15, 0.2) is 24.5 Å². The van der Waals surface area contributed by atoms with Gasteiger partial charge < -0.3 is 19.6 Å². The number of nitrogens with zero attached hydrogens (tertiary/aromatic N) is 8. The third-order valence-corrected chi connectivity index (χ3v) is 5.24. The van der Waals surface area contributed by atoms with Gasteiger partial charge in [-0.1, -0.05) is 0 Å². The summed E-state index contributed by atoms with van der Waals surface area (Å²) in [4.78, 5) is 27.3.